The highest BCUT2D eigenvalue weighted by Gasteiger charge is 2.34. The van der Waals surface area contributed by atoms with Gasteiger partial charge in [-0.1, -0.05) is 0 Å². The highest BCUT2D eigenvalue weighted by atomic mass is 32.2. The van der Waals surface area contributed by atoms with Crippen LogP contribution in [0.2, 0.25) is 0 Å². The topological polar surface area (TPSA) is 106 Å². The molecule has 2 aliphatic heterocycles. The number of sulfonamides is 1. The molecule has 1 fully saturated rings. The number of H-pyrrole nitrogens is 1. The van der Waals surface area contributed by atoms with Gasteiger partial charge in [0.25, 0.3) is 0 Å². The summed E-state index contributed by atoms with van der Waals surface area (Å²) in [5.74, 6) is -0.326. The van der Waals surface area contributed by atoms with Crippen molar-refractivity contribution in [2.24, 2.45) is 5.18 Å². The summed E-state index contributed by atoms with van der Waals surface area (Å²) in [6.45, 7) is 2.09. The van der Waals surface area contributed by atoms with Crippen molar-refractivity contribution in [2.75, 3.05) is 20.1 Å². The maximum absolute atomic E-state index is 13.1. The first-order chi connectivity index (χ1) is 11.4. The molecule has 24 heavy (non-hydrogen) atoms. The molecule has 0 amide bonds. The minimum absolute atomic E-state index is 0.139. The normalized spacial score (nSPS) is 19.2. The van der Waals surface area contributed by atoms with Crippen LogP contribution >= 0.6 is 0 Å². The van der Waals surface area contributed by atoms with Crippen molar-refractivity contribution < 1.29 is 13.5 Å². The van der Waals surface area contributed by atoms with E-state index in [1.54, 1.807) is 0 Å². The smallest absolute Gasteiger partial charge is 0.243 e. The lowest BCUT2D eigenvalue weighted by atomic mass is 10.1. The predicted octanol–water partition coefficient (Wildman–Crippen LogP) is 2.00. The number of benzene rings is 1. The number of nitrogens with zero attached hydrogens (tertiary/aromatic N) is 3. The zero-order valence-corrected chi connectivity index (χ0v) is 14.1. The van der Waals surface area contributed by atoms with E-state index < -0.39 is 10.0 Å². The molecule has 2 N–H and O–H groups in total. The van der Waals surface area contributed by atoms with Gasteiger partial charge >= 0.3 is 0 Å². The highest BCUT2D eigenvalue weighted by molar-refractivity contribution is 7.89. The van der Waals surface area contributed by atoms with E-state index in [0.717, 1.165) is 24.0 Å². The van der Waals surface area contributed by atoms with Crippen molar-refractivity contribution >= 4 is 26.6 Å². The molecule has 0 aliphatic carbocycles. The SMILES string of the molecule is CN1Cc2c(S(=O)(=O)N3CCCC3)cc3c(N=O)c(O)[nH]c3c2C1. The van der Waals surface area contributed by atoms with Gasteiger partial charge < -0.3 is 10.1 Å². The van der Waals surface area contributed by atoms with Crippen LogP contribution in [0, 0.1) is 4.91 Å². The van der Waals surface area contributed by atoms with Crippen LogP contribution < -0.4 is 0 Å². The molecule has 0 atom stereocenters. The summed E-state index contributed by atoms with van der Waals surface area (Å²) < 4.78 is 27.6. The minimum atomic E-state index is -3.63. The second-order valence-corrected chi connectivity index (χ2v) is 8.36. The molecular weight excluding hydrogens is 332 g/mol. The van der Waals surface area contributed by atoms with Crippen LogP contribution in [0.15, 0.2) is 16.1 Å². The van der Waals surface area contributed by atoms with Gasteiger partial charge in [-0.15, -0.1) is 4.91 Å². The summed E-state index contributed by atoms with van der Waals surface area (Å²) in [7, 11) is -1.72. The molecule has 8 nitrogen and oxygen atoms in total. The fourth-order valence-electron chi connectivity index (χ4n) is 3.72. The third kappa shape index (κ3) is 2.08. The highest BCUT2D eigenvalue weighted by Crippen LogP contribution is 2.43. The monoisotopic (exact) mass is 350 g/mol. The molecule has 9 heteroatoms. The van der Waals surface area contributed by atoms with Crippen LogP contribution in [-0.2, 0) is 23.1 Å². The fourth-order valence-corrected chi connectivity index (χ4v) is 5.50. The Bertz CT molecular complexity index is 944. The predicted molar refractivity (Wildman–Crippen MR) is 88.6 cm³/mol. The molecule has 0 saturated carbocycles. The molecule has 2 aromatic rings. The van der Waals surface area contributed by atoms with Gasteiger partial charge in [0.2, 0.25) is 15.9 Å². The molecule has 128 valence electrons. The number of fused-ring (bicyclic) bond motifs is 3. The largest absolute Gasteiger partial charge is 0.493 e. The van der Waals surface area contributed by atoms with Crippen molar-refractivity contribution in [3.8, 4) is 5.88 Å². The lowest BCUT2D eigenvalue weighted by molar-refractivity contribution is 0.352. The molecule has 1 saturated heterocycles. The van der Waals surface area contributed by atoms with Crippen LogP contribution in [0.3, 0.4) is 0 Å². The van der Waals surface area contributed by atoms with Gasteiger partial charge in [-0.25, -0.2) is 8.42 Å². The number of nitrogens with one attached hydrogen (secondary N) is 1. The Kier molecular flexibility index (Phi) is 3.41. The Hall–Kier alpha value is -1.97. The Morgan fingerprint density at radius 2 is 1.88 bits per heavy atom. The van der Waals surface area contributed by atoms with Gasteiger partial charge in [-0.3, -0.25) is 4.90 Å². The molecule has 3 heterocycles. The average Bonchev–Trinajstić information content (AvgIpc) is 3.22. The molecule has 1 aromatic carbocycles. The molecule has 1 aromatic heterocycles. The summed E-state index contributed by atoms with van der Waals surface area (Å²) in [4.78, 5) is 16.1. The van der Waals surface area contributed by atoms with E-state index in [1.165, 1.54) is 10.4 Å². The van der Waals surface area contributed by atoms with Crippen LogP contribution in [-0.4, -0.2) is 47.9 Å². The Morgan fingerprint density at radius 3 is 2.54 bits per heavy atom. The fraction of sp³-hybridized carbons (Fsp3) is 0.467. The Labute approximate surface area is 139 Å². The molecule has 0 bridgehead atoms. The van der Waals surface area contributed by atoms with Crippen molar-refractivity contribution in [1.82, 2.24) is 14.2 Å². The Balaban J connectivity index is 2.02. The summed E-state index contributed by atoms with van der Waals surface area (Å²) in [5.41, 5.74) is 1.98. The summed E-state index contributed by atoms with van der Waals surface area (Å²) >= 11 is 0. The van der Waals surface area contributed by atoms with Crippen molar-refractivity contribution in [3.05, 3.63) is 22.1 Å². The zero-order chi connectivity index (χ0) is 17.1. The van der Waals surface area contributed by atoms with Gasteiger partial charge in [0.15, 0.2) is 5.69 Å². The van der Waals surface area contributed by atoms with E-state index >= 15 is 0 Å². The van der Waals surface area contributed by atoms with E-state index in [2.05, 4.69) is 10.2 Å². The van der Waals surface area contributed by atoms with E-state index in [0.29, 0.717) is 37.1 Å². The van der Waals surface area contributed by atoms with Gasteiger partial charge in [-0.2, -0.15) is 4.31 Å². The van der Waals surface area contributed by atoms with Gasteiger partial charge in [0.1, 0.15) is 0 Å². The number of hydrogen-bond acceptors (Lipinski definition) is 6. The van der Waals surface area contributed by atoms with Crippen molar-refractivity contribution in [1.29, 1.82) is 0 Å². The van der Waals surface area contributed by atoms with E-state index in [1.807, 2.05) is 11.9 Å². The summed E-state index contributed by atoms with van der Waals surface area (Å²) in [6.07, 6.45) is 1.71. The zero-order valence-electron chi connectivity index (χ0n) is 13.2. The van der Waals surface area contributed by atoms with Crippen LogP contribution in [0.5, 0.6) is 5.88 Å². The van der Waals surface area contributed by atoms with Gasteiger partial charge in [0, 0.05) is 31.6 Å². The maximum Gasteiger partial charge on any atom is 0.243 e. The maximum atomic E-state index is 13.1. The number of nitroso groups, excluding NO2 is 1. The second kappa shape index (κ2) is 5.27. The van der Waals surface area contributed by atoms with E-state index in [-0.39, 0.29) is 16.5 Å². The standard InChI is InChI=1S/C15H18N4O4S/c1-18-7-10-11(8-18)13-9(14(17-21)15(20)16-13)6-12(10)24(22,23)19-4-2-3-5-19/h6,16,20H,2-5,7-8H2,1H3. The molecule has 0 spiro atoms. The van der Waals surface area contributed by atoms with Crippen LogP contribution in [0.1, 0.15) is 24.0 Å². The summed E-state index contributed by atoms with van der Waals surface area (Å²) in [6, 6.07) is 1.48. The third-order valence-corrected chi connectivity index (χ3v) is 6.83. The first kappa shape index (κ1) is 15.6. The average molecular weight is 350 g/mol. The van der Waals surface area contributed by atoms with Crippen molar-refractivity contribution in [3.63, 3.8) is 0 Å². The molecule has 4 rings (SSSR count). The number of aromatic nitrogens is 1. The summed E-state index contributed by atoms with van der Waals surface area (Å²) in [5, 5.41) is 13.1. The Morgan fingerprint density at radius 1 is 1.21 bits per heavy atom. The molecule has 0 unspecified atom stereocenters. The van der Waals surface area contributed by atoms with Gasteiger partial charge in [-0.05, 0) is 42.3 Å². The van der Waals surface area contributed by atoms with Crippen LogP contribution in [0.4, 0.5) is 5.69 Å². The number of aromatic hydroxyl groups is 1. The first-order valence-electron chi connectivity index (χ1n) is 7.85. The lowest BCUT2D eigenvalue weighted by Crippen LogP contribution is -2.28. The van der Waals surface area contributed by atoms with Gasteiger partial charge in [0.05, 0.1) is 10.4 Å². The van der Waals surface area contributed by atoms with E-state index in [9.17, 15) is 18.4 Å². The van der Waals surface area contributed by atoms with E-state index in [4.69, 9.17) is 0 Å². The molecular formula is C15H18N4O4S. The van der Waals surface area contributed by atoms with Crippen molar-refractivity contribution in [2.45, 2.75) is 30.8 Å². The molecule has 2 aliphatic rings. The lowest BCUT2D eigenvalue weighted by Gasteiger charge is -2.18. The number of rotatable bonds is 3. The third-order valence-electron chi connectivity index (χ3n) is 4.86. The minimum Gasteiger partial charge on any atom is -0.493 e. The second-order valence-electron chi connectivity index (χ2n) is 6.45. The van der Waals surface area contributed by atoms with Crippen LogP contribution in [0.25, 0.3) is 10.9 Å². The first-order valence-corrected chi connectivity index (χ1v) is 9.29. The molecule has 0 radical (unpaired) electrons. The number of aromatic amines is 1. The quantitative estimate of drug-likeness (QED) is 0.824. The number of hydrogen-bond donors (Lipinski definition) is 2.